The number of carboxylic acid groups (broad SMARTS) is 1. The highest BCUT2D eigenvalue weighted by Gasteiger charge is 2.16. The maximum atomic E-state index is 10.6. The van der Waals surface area contributed by atoms with Crippen molar-refractivity contribution in [2.45, 2.75) is 0 Å². The first kappa shape index (κ1) is 10.0. The Hall–Kier alpha value is -2.05. The molecule has 1 aromatic rings. The third kappa shape index (κ3) is 1.65. The van der Waals surface area contributed by atoms with Crippen molar-refractivity contribution in [1.29, 1.82) is 0 Å². The monoisotopic (exact) mass is 199 g/mol. The van der Waals surface area contributed by atoms with Crippen molar-refractivity contribution < 1.29 is 19.4 Å². The lowest BCUT2D eigenvalue weighted by molar-refractivity contribution is 0.0681. The molecule has 0 unspecified atom stereocenters. The van der Waals surface area contributed by atoms with E-state index in [4.69, 9.17) is 20.3 Å². The summed E-state index contributed by atoms with van der Waals surface area (Å²) in [5, 5.41) is 8.64. The maximum absolute atomic E-state index is 10.6. The van der Waals surface area contributed by atoms with Crippen LogP contribution in [0.4, 0.5) is 5.69 Å². The van der Waals surface area contributed by atoms with Crippen molar-refractivity contribution in [2.75, 3.05) is 20.0 Å². The number of anilines is 1. The average Bonchev–Trinajstić information content (AvgIpc) is 2.17. The number of nitrogens with zero attached hydrogens (tertiary/aromatic N) is 2. The van der Waals surface area contributed by atoms with Gasteiger partial charge in [0.25, 0.3) is 0 Å². The van der Waals surface area contributed by atoms with Crippen LogP contribution in [0.1, 0.15) is 10.6 Å². The maximum Gasteiger partial charge on any atom is 0.374 e. The van der Waals surface area contributed by atoms with E-state index in [0.717, 1.165) is 0 Å². The van der Waals surface area contributed by atoms with Crippen molar-refractivity contribution in [1.82, 2.24) is 9.97 Å². The minimum Gasteiger partial charge on any atom is -0.479 e. The molecule has 0 saturated heterocycles. The summed E-state index contributed by atoms with van der Waals surface area (Å²) in [6, 6.07) is 0. The zero-order valence-corrected chi connectivity index (χ0v) is 7.64. The molecule has 76 valence electrons. The highest BCUT2D eigenvalue weighted by Crippen LogP contribution is 2.26. The van der Waals surface area contributed by atoms with Crippen LogP contribution in [0.15, 0.2) is 0 Å². The zero-order valence-electron chi connectivity index (χ0n) is 7.64. The van der Waals surface area contributed by atoms with Gasteiger partial charge in [0, 0.05) is 0 Å². The van der Waals surface area contributed by atoms with Gasteiger partial charge in [0.1, 0.15) is 0 Å². The highest BCUT2D eigenvalue weighted by molar-refractivity contribution is 5.84. The van der Waals surface area contributed by atoms with Gasteiger partial charge in [-0.2, -0.15) is 9.97 Å². The standard InChI is InChI=1S/C7H9N3O4/c1-13-5-3(8)6(14-2)10-4(9-5)7(11)12/h8H2,1-2H3,(H,11,12). The molecule has 7 heteroatoms. The molecule has 0 aliphatic rings. The highest BCUT2D eigenvalue weighted by atomic mass is 16.5. The van der Waals surface area contributed by atoms with Crippen LogP contribution in [-0.4, -0.2) is 35.3 Å². The summed E-state index contributed by atoms with van der Waals surface area (Å²) in [6.07, 6.45) is 0. The van der Waals surface area contributed by atoms with Gasteiger partial charge in [0.15, 0.2) is 5.69 Å². The smallest absolute Gasteiger partial charge is 0.374 e. The molecule has 0 saturated carbocycles. The van der Waals surface area contributed by atoms with Crippen LogP contribution in [0.3, 0.4) is 0 Å². The molecule has 0 atom stereocenters. The Bertz CT molecular complexity index is 341. The fourth-order valence-corrected chi connectivity index (χ4v) is 0.836. The summed E-state index contributed by atoms with van der Waals surface area (Å²) in [5.74, 6) is -1.74. The molecule has 0 radical (unpaired) electrons. The molecule has 0 bridgehead atoms. The van der Waals surface area contributed by atoms with Crippen LogP contribution in [-0.2, 0) is 0 Å². The van der Waals surface area contributed by atoms with Crippen molar-refractivity contribution >= 4 is 11.7 Å². The van der Waals surface area contributed by atoms with E-state index in [-0.39, 0.29) is 17.4 Å². The first-order valence-corrected chi connectivity index (χ1v) is 3.59. The molecule has 0 spiro atoms. The van der Waals surface area contributed by atoms with Crippen molar-refractivity contribution in [2.24, 2.45) is 0 Å². The number of hydrogen-bond donors (Lipinski definition) is 2. The molecule has 0 aliphatic carbocycles. The summed E-state index contributed by atoms with van der Waals surface area (Å²) in [7, 11) is 2.65. The Kier molecular flexibility index (Phi) is 2.70. The van der Waals surface area contributed by atoms with Gasteiger partial charge < -0.3 is 20.3 Å². The second-order valence-electron chi connectivity index (χ2n) is 2.28. The van der Waals surface area contributed by atoms with Crippen LogP contribution in [0.2, 0.25) is 0 Å². The molecule has 0 amide bonds. The van der Waals surface area contributed by atoms with E-state index in [1.807, 2.05) is 0 Å². The quantitative estimate of drug-likeness (QED) is 0.692. The number of carbonyl (C=O) groups is 1. The third-order valence-corrected chi connectivity index (χ3v) is 1.45. The van der Waals surface area contributed by atoms with Crippen molar-refractivity contribution in [3.63, 3.8) is 0 Å². The van der Waals surface area contributed by atoms with E-state index in [1.165, 1.54) is 14.2 Å². The number of nitrogens with two attached hydrogens (primary N) is 1. The molecule has 14 heavy (non-hydrogen) atoms. The number of hydrogen-bond acceptors (Lipinski definition) is 6. The summed E-state index contributed by atoms with van der Waals surface area (Å²) in [5.41, 5.74) is 5.57. The lowest BCUT2D eigenvalue weighted by Crippen LogP contribution is -2.09. The number of ether oxygens (including phenoxy) is 2. The van der Waals surface area contributed by atoms with Gasteiger partial charge in [-0.3, -0.25) is 0 Å². The Morgan fingerprint density at radius 3 is 2.00 bits per heavy atom. The van der Waals surface area contributed by atoms with E-state index in [0.29, 0.717) is 0 Å². The number of rotatable bonds is 3. The number of methoxy groups -OCH3 is 2. The van der Waals surface area contributed by atoms with Gasteiger partial charge in [-0.1, -0.05) is 0 Å². The Morgan fingerprint density at radius 1 is 1.29 bits per heavy atom. The van der Waals surface area contributed by atoms with Gasteiger partial charge in [0.2, 0.25) is 17.6 Å². The lowest BCUT2D eigenvalue weighted by Gasteiger charge is -2.07. The molecule has 0 aromatic carbocycles. The molecule has 0 aliphatic heterocycles. The molecule has 1 heterocycles. The normalized spacial score (nSPS) is 9.57. The largest absolute Gasteiger partial charge is 0.479 e. The van der Waals surface area contributed by atoms with Crippen LogP contribution < -0.4 is 15.2 Å². The van der Waals surface area contributed by atoms with Gasteiger partial charge in [-0.15, -0.1) is 0 Å². The SMILES string of the molecule is COc1nc(C(=O)O)nc(OC)c1N. The summed E-state index contributed by atoms with van der Waals surface area (Å²) < 4.78 is 9.52. The van der Waals surface area contributed by atoms with E-state index in [1.54, 1.807) is 0 Å². The minimum atomic E-state index is -1.28. The van der Waals surface area contributed by atoms with Crippen LogP contribution >= 0.6 is 0 Å². The minimum absolute atomic E-state index is 0.0192. The topological polar surface area (TPSA) is 108 Å². The number of aromatic nitrogens is 2. The van der Waals surface area contributed by atoms with Crippen LogP contribution in [0.25, 0.3) is 0 Å². The molecular formula is C7H9N3O4. The average molecular weight is 199 g/mol. The molecular weight excluding hydrogens is 190 g/mol. The summed E-state index contributed by atoms with van der Waals surface area (Å²) >= 11 is 0. The predicted octanol–water partition coefficient (Wildman–Crippen LogP) is -0.226. The van der Waals surface area contributed by atoms with Crippen LogP contribution in [0, 0.1) is 0 Å². The summed E-state index contributed by atoms with van der Waals surface area (Å²) in [4.78, 5) is 17.7. The summed E-state index contributed by atoms with van der Waals surface area (Å²) in [6.45, 7) is 0. The van der Waals surface area contributed by atoms with Gasteiger partial charge in [-0.05, 0) is 0 Å². The van der Waals surface area contributed by atoms with Gasteiger partial charge >= 0.3 is 5.97 Å². The molecule has 3 N–H and O–H groups in total. The zero-order chi connectivity index (χ0) is 10.7. The molecule has 7 nitrogen and oxygen atoms in total. The van der Waals surface area contributed by atoms with Gasteiger partial charge in [0.05, 0.1) is 14.2 Å². The Labute approximate surface area is 79.5 Å². The van der Waals surface area contributed by atoms with Crippen molar-refractivity contribution in [3.8, 4) is 11.8 Å². The number of aromatic carboxylic acids is 1. The second-order valence-corrected chi connectivity index (χ2v) is 2.28. The van der Waals surface area contributed by atoms with E-state index in [2.05, 4.69) is 9.97 Å². The molecule has 0 fully saturated rings. The predicted molar refractivity (Wildman–Crippen MR) is 46.5 cm³/mol. The third-order valence-electron chi connectivity index (χ3n) is 1.45. The fraction of sp³-hybridized carbons (Fsp3) is 0.286. The first-order chi connectivity index (χ1) is 6.60. The second kappa shape index (κ2) is 3.77. The van der Waals surface area contributed by atoms with Crippen LogP contribution in [0.5, 0.6) is 11.8 Å². The first-order valence-electron chi connectivity index (χ1n) is 3.59. The Balaban J connectivity index is 3.32. The van der Waals surface area contributed by atoms with E-state index in [9.17, 15) is 4.79 Å². The Morgan fingerprint density at radius 2 is 1.71 bits per heavy atom. The van der Waals surface area contributed by atoms with E-state index >= 15 is 0 Å². The number of carboxylic acids is 1. The molecule has 1 aromatic heterocycles. The van der Waals surface area contributed by atoms with Gasteiger partial charge in [-0.25, -0.2) is 4.79 Å². The van der Waals surface area contributed by atoms with E-state index < -0.39 is 11.8 Å². The lowest BCUT2D eigenvalue weighted by atomic mass is 10.4. The number of nitrogen functional groups attached to an aromatic ring is 1. The van der Waals surface area contributed by atoms with Crippen molar-refractivity contribution in [3.05, 3.63) is 5.82 Å². The fourth-order valence-electron chi connectivity index (χ4n) is 0.836. The molecule has 1 rings (SSSR count).